The summed E-state index contributed by atoms with van der Waals surface area (Å²) in [7, 11) is 0. The highest BCUT2D eigenvalue weighted by molar-refractivity contribution is 9.10. The second-order valence-corrected chi connectivity index (χ2v) is 5.45. The van der Waals surface area contributed by atoms with Gasteiger partial charge in [0.05, 0.1) is 16.8 Å². The number of hydrogen-bond donors (Lipinski definition) is 1. The van der Waals surface area contributed by atoms with Gasteiger partial charge in [-0.15, -0.1) is 0 Å². The van der Waals surface area contributed by atoms with Crippen molar-refractivity contribution in [1.29, 1.82) is 0 Å². The Labute approximate surface area is 125 Å². The van der Waals surface area contributed by atoms with Gasteiger partial charge in [0.25, 0.3) is 0 Å². The van der Waals surface area contributed by atoms with E-state index in [9.17, 15) is 5.11 Å². The molecule has 1 aromatic heterocycles. The molecule has 1 N–H and O–H groups in total. The molecule has 100 valence electrons. The lowest BCUT2D eigenvalue weighted by Gasteiger charge is -2.10. The van der Waals surface area contributed by atoms with Crippen molar-refractivity contribution in [3.8, 4) is 5.75 Å². The van der Waals surface area contributed by atoms with Crippen LogP contribution in [0.15, 0.2) is 41.0 Å². The Balaban J connectivity index is 2.05. The standard InChI is InChI=1S/C14H13BrClNO2/c1-9(18)10-2-5-14(13(16)6-10)19-8-12-4-3-11(15)7-17-12/h2-7,9,18H,8H2,1H3. The Bertz CT molecular complexity index is 558. The fourth-order valence-electron chi connectivity index (χ4n) is 1.54. The lowest BCUT2D eigenvalue weighted by atomic mass is 10.1. The molecule has 0 aliphatic rings. The van der Waals surface area contributed by atoms with E-state index in [1.54, 1.807) is 31.3 Å². The van der Waals surface area contributed by atoms with Crippen LogP contribution in [0.4, 0.5) is 0 Å². The van der Waals surface area contributed by atoms with Gasteiger partial charge in [0, 0.05) is 10.7 Å². The third kappa shape index (κ3) is 3.93. The molecule has 1 heterocycles. The van der Waals surface area contributed by atoms with Crippen molar-refractivity contribution in [2.75, 3.05) is 0 Å². The Kier molecular flexibility index (Phi) is 4.80. The zero-order chi connectivity index (χ0) is 13.8. The predicted octanol–water partition coefficient (Wildman–Crippen LogP) is 4.13. The van der Waals surface area contributed by atoms with E-state index in [1.807, 2.05) is 12.1 Å². The third-order valence-corrected chi connectivity index (χ3v) is 3.37. The zero-order valence-electron chi connectivity index (χ0n) is 10.3. The normalized spacial score (nSPS) is 12.2. The summed E-state index contributed by atoms with van der Waals surface area (Å²) in [6.07, 6.45) is 1.18. The van der Waals surface area contributed by atoms with Crippen LogP contribution >= 0.6 is 27.5 Å². The van der Waals surface area contributed by atoms with Crippen molar-refractivity contribution in [2.45, 2.75) is 19.6 Å². The van der Waals surface area contributed by atoms with Gasteiger partial charge in [0.1, 0.15) is 12.4 Å². The number of halogens is 2. The monoisotopic (exact) mass is 341 g/mol. The first-order valence-electron chi connectivity index (χ1n) is 5.77. The summed E-state index contributed by atoms with van der Waals surface area (Å²) >= 11 is 9.43. The number of nitrogens with zero attached hydrogens (tertiary/aromatic N) is 1. The van der Waals surface area contributed by atoms with Crippen molar-refractivity contribution in [1.82, 2.24) is 4.98 Å². The van der Waals surface area contributed by atoms with Gasteiger partial charge in [-0.05, 0) is 52.7 Å². The molecule has 19 heavy (non-hydrogen) atoms. The fraction of sp³-hybridized carbons (Fsp3) is 0.214. The number of ether oxygens (including phenoxy) is 1. The van der Waals surface area contributed by atoms with Gasteiger partial charge in [-0.1, -0.05) is 17.7 Å². The van der Waals surface area contributed by atoms with Gasteiger partial charge in [-0.25, -0.2) is 0 Å². The zero-order valence-corrected chi connectivity index (χ0v) is 12.6. The molecule has 0 saturated heterocycles. The number of aromatic nitrogens is 1. The van der Waals surface area contributed by atoms with E-state index in [0.29, 0.717) is 17.4 Å². The largest absolute Gasteiger partial charge is 0.486 e. The number of pyridine rings is 1. The number of benzene rings is 1. The summed E-state index contributed by atoms with van der Waals surface area (Å²) in [4.78, 5) is 4.21. The third-order valence-electron chi connectivity index (χ3n) is 2.60. The van der Waals surface area contributed by atoms with Crippen molar-refractivity contribution in [3.05, 3.63) is 57.3 Å². The lowest BCUT2D eigenvalue weighted by Crippen LogP contribution is -1.99. The minimum atomic E-state index is -0.542. The highest BCUT2D eigenvalue weighted by atomic mass is 79.9. The molecular formula is C14H13BrClNO2. The van der Waals surface area contributed by atoms with Gasteiger partial charge < -0.3 is 9.84 Å². The predicted molar refractivity (Wildman–Crippen MR) is 78.4 cm³/mol. The summed E-state index contributed by atoms with van der Waals surface area (Å²) in [6.45, 7) is 2.04. The SMILES string of the molecule is CC(O)c1ccc(OCc2ccc(Br)cn2)c(Cl)c1. The Morgan fingerprint density at radius 1 is 1.37 bits per heavy atom. The fourth-order valence-corrected chi connectivity index (χ4v) is 2.02. The molecule has 0 aliphatic carbocycles. The Morgan fingerprint density at radius 3 is 2.74 bits per heavy atom. The van der Waals surface area contributed by atoms with Crippen LogP contribution in [0.2, 0.25) is 5.02 Å². The van der Waals surface area contributed by atoms with Gasteiger partial charge in [0.2, 0.25) is 0 Å². The van der Waals surface area contributed by atoms with E-state index in [-0.39, 0.29) is 0 Å². The number of aliphatic hydroxyl groups excluding tert-OH is 1. The van der Waals surface area contributed by atoms with E-state index in [0.717, 1.165) is 15.7 Å². The number of aliphatic hydroxyl groups is 1. The van der Waals surface area contributed by atoms with Crippen molar-refractivity contribution >= 4 is 27.5 Å². The summed E-state index contributed by atoms with van der Waals surface area (Å²) in [5, 5.41) is 9.94. The van der Waals surface area contributed by atoms with E-state index in [2.05, 4.69) is 20.9 Å². The van der Waals surface area contributed by atoms with Crippen molar-refractivity contribution < 1.29 is 9.84 Å². The van der Waals surface area contributed by atoms with E-state index >= 15 is 0 Å². The molecule has 0 spiro atoms. The smallest absolute Gasteiger partial charge is 0.138 e. The Hall–Kier alpha value is -1.10. The second-order valence-electron chi connectivity index (χ2n) is 4.12. The van der Waals surface area contributed by atoms with Gasteiger partial charge in [-0.2, -0.15) is 0 Å². The molecule has 1 atom stereocenters. The highest BCUT2D eigenvalue weighted by Gasteiger charge is 2.07. The maximum Gasteiger partial charge on any atom is 0.138 e. The number of hydrogen-bond acceptors (Lipinski definition) is 3. The maximum atomic E-state index is 9.46. The molecule has 0 amide bonds. The van der Waals surface area contributed by atoms with Crippen LogP contribution in [-0.2, 0) is 6.61 Å². The molecule has 2 rings (SSSR count). The molecule has 0 bridgehead atoms. The summed E-state index contributed by atoms with van der Waals surface area (Å²) in [5.41, 5.74) is 1.58. The minimum absolute atomic E-state index is 0.348. The molecule has 0 fully saturated rings. The Morgan fingerprint density at radius 2 is 2.16 bits per heavy atom. The number of rotatable bonds is 4. The first-order valence-corrected chi connectivity index (χ1v) is 6.94. The molecule has 2 aromatic rings. The van der Waals surface area contributed by atoms with Crippen molar-refractivity contribution in [2.24, 2.45) is 0 Å². The molecule has 3 nitrogen and oxygen atoms in total. The first-order chi connectivity index (χ1) is 9.06. The summed E-state index contributed by atoms with van der Waals surface area (Å²) in [6, 6.07) is 9.03. The van der Waals surface area contributed by atoms with E-state index in [1.165, 1.54) is 0 Å². The van der Waals surface area contributed by atoms with E-state index in [4.69, 9.17) is 16.3 Å². The molecule has 0 radical (unpaired) electrons. The van der Waals surface area contributed by atoms with Gasteiger partial charge >= 0.3 is 0 Å². The molecule has 5 heteroatoms. The molecule has 0 aliphatic heterocycles. The average Bonchev–Trinajstić information content (AvgIpc) is 2.39. The quantitative estimate of drug-likeness (QED) is 0.908. The molecular weight excluding hydrogens is 330 g/mol. The summed E-state index contributed by atoms with van der Waals surface area (Å²) in [5.74, 6) is 0.579. The van der Waals surface area contributed by atoms with Gasteiger partial charge in [-0.3, -0.25) is 4.98 Å². The first kappa shape index (κ1) is 14.3. The topological polar surface area (TPSA) is 42.4 Å². The highest BCUT2D eigenvalue weighted by Crippen LogP contribution is 2.28. The molecule has 1 unspecified atom stereocenters. The van der Waals surface area contributed by atoms with Crippen LogP contribution in [-0.4, -0.2) is 10.1 Å². The van der Waals surface area contributed by atoms with Crippen LogP contribution < -0.4 is 4.74 Å². The summed E-state index contributed by atoms with van der Waals surface area (Å²) < 4.78 is 6.53. The second kappa shape index (κ2) is 6.37. The molecule has 0 saturated carbocycles. The average molecular weight is 343 g/mol. The van der Waals surface area contributed by atoms with Gasteiger partial charge in [0.15, 0.2) is 0 Å². The minimum Gasteiger partial charge on any atom is -0.486 e. The van der Waals surface area contributed by atoms with Crippen LogP contribution in [0.25, 0.3) is 0 Å². The van der Waals surface area contributed by atoms with Crippen LogP contribution in [0.5, 0.6) is 5.75 Å². The van der Waals surface area contributed by atoms with Crippen molar-refractivity contribution in [3.63, 3.8) is 0 Å². The lowest BCUT2D eigenvalue weighted by molar-refractivity contribution is 0.199. The van der Waals surface area contributed by atoms with Crippen LogP contribution in [0.3, 0.4) is 0 Å². The van der Waals surface area contributed by atoms with E-state index < -0.39 is 6.10 Å². The maximum absolute atomic E-state index is 9.46. The van der Waals surface area contributed by atoms with Crippen LogP contribution in [0, 0.1) is 0 Å². The molecule has 1 aromatic carbocycles. The van der Waals surface area contributed by atoms with Crippen LogP contribution in [0.1, 0.15) is 24.3 Å².